The molecule has 8 heteroatoms. The van der Waals surface area contributed by atoms with E-state index in [-0.39, 0.29) is 18.8 Å². The number of benzene rings is 1. The van der Waals surface area contributed by atoms with E-state index in [1.165, 1.54) is 0 Å². The number of amides is 1. The Morgan fingerprint density at radius 3 is 2.79 bits per heavy atom. The number of ether oxygens (including phenoxy) is 3. The maximum Gasteiger partial charge on any atom is 0.350 e. The fourth-order valence-electron chi connectivity index (χ4n) is 2.11. The SMILES string of the molecule is Cc1nc(NC(=O)c2ccc3c(c2)OCO3)sc1C(=O)OC(C)C. The summed E-state index contributed by atoms with van der Waals surface area (Å²) in [6.07, 6.45) is -0.217. The summed E-state index contributed by atoms with van der Waals surface area (Å²) in [5.74, 6) is 0.351. The van der Waals surface area contributed by atoms with E-state index in [2.05, 4.69) is 10.3 Å². The topological polar surface area (TPSA) is 86.8 Å². The lowest BCUT2D eigenvalue weighted by atomic mass is 10.2. The fraction of sp³-hybridized carbons (Fsp3) is 0.312. The molecule has 0 spiro atoms. The minimum atomic E-state index is -0.441. The molecule has 2 heterocycles. The van der Waals surface area contributed by atoms with Crippen molar-refractivity contribution in [1.82, 2.24) is 4.98 Å². The number of fused-ring (bicyclic) bond motifs is 1. The number of esters is 1. The predicted molar refractivity (Wildman–Crippen MR) is 87.9 cm³/mol. The number of carbonyl (C=O) groups is 2. The molecule has 126 valence electrons. The highest BCUT2D eigenvalue weighted by Crippen LogP contribution is 2.33. The number of nitrogens with zero attached hydrogens (tertiary/aromatic N) is 1. The van der Waals surface area contributed by atoms with Crippen LogP contribution in [0.25, 0.3) is 0 Å². The minimum absolute atomic E-state index is 0.146. The van der Waals surface area contributed by atoms with Gasteiger partial charge in [0, 0.05) is 5.56 Å². The van der Waals surface area contributed by atoms with Gasteiger partial charge in [0.25, 0.3) is 5.91 Å². The minimum Gasteiger partial charge on any atom is -0.459 e. The number of aryl methyl sites for hydroxylation is 1. The standard InChI is InChI=1S/C16H16N2O5S/c1-8(2)23-15(20)13-9(3)17-16(24-13)18-14(19)10-4-5-11-12(6-10)22-7-21-11/h4-6,8H,7H2,1-3H3,(H,17,18,19). The maximum atomic E-state index is 12.3. The molecule has 0 unspecified atom stereocenters. The first-order valence-electron chi connectivity index (χ1n) is 7.33. The van der Waals surface area contributed by atoms with Gasteiger partial charge in [-0.15, -0.1) is 0 Å². The van der Waals surface area contributed by atoms with Gasteiger partial charge in [0.2, 0.25) is 6.79 Å². The molecule has 1 aliphatic rings. The summed E-state index contributed by atoms with van der Waals surface area (Å²) in [4.78, 5) is 28.9. The molecule has 1 aliphatic heterocycles. The quantitative estimate of drug-likeness (QED) is 0.855. The van der Waals surface area contributed by atoms with Crippen molar-refractivity contribution in [3.8, 4) is 11.5 Å². The molecule has 7 nitrogen and oxygen atoms in total. The summed E-state index contributed by atoms with van der Waals surface area (Å²) in [6, 6.07) is 4.92. The normalized spacial score (nSPS) is 12.3. The van der Waals surface area contributed by atoms with E-state index in [0.29, 0.717) is 32.8 Å². The van der Waals surface area contributed by atoms with Crippen LogP contribution in [0.4, 0.5) is 5.13 Å². The highest BCUT2D eigenvalue weighted by atomic mass is 32.1. The van der Waals surface area contributed by atoms with E-state index >= 15 is 0 Å². The third kappa shape index (κ3) is 3.33. The largest absolute Gasteiger partial charge is 0.459 e. The van der Waals surface area contributed by atoms with Crippen LogP contribution in [0.1, 0.15) is 39.6 Å². The zero-order valence-electron chi connectivity index (χ0n) is 13.4. The maximum absolute atomic E-state index is 12.3. The van der Waals surface area contributed by atoms with E-state index in [1.54, 1.807) is 39.0 Å². The summed E-state index contributed by atoms with van der Waals surface area (Å²) < 4.78 is 15.6. The molecule has 0 saturated heterocycles. The predicted octanol–water partition coefficient (Wildman–Crippen LogP) is 3.00. The Hall–Kier alpha value is -2.61. The second kappa shape index (κ2) is 6.48. The molecule has 1 amide bonds. The van der Waals surface area contributed by atoms with Crippen LogP contribution in [0.5, 0.6) is 11.5 Å². The Morgan fingerprint density at radius 2 is 2.04 bits per heavy atom. The number of rotatable bonds is 4. The molecule has 0 radical (unpaired) electrons. The van der Waals surface area contributed by atoms with Crippen molar-refractivity contribution in [1.29, 1.82) is 0 Å². The summed E-state index contributed by atoms with van der Waals surface area (Å²) in [5, 5.41) is 3.02. The number of hydrogen-bond donors (Lipinski definition) is 1. The number of aromatic nitrogens is 1. The molecule has 2 aromatic rings. The zero-order chi connectivity index (χ0) is 17.3. The highest BCUT2D eigenvalue weighted by Gasteiger charge is 2.20. The average Bonchev–Trinajstić information content (AvgIpc) is 3.11. The Kier molecular flexibility index (Phi) is 4.39. The molecule has 0 aliphatic carbocycles. The third-order valence-corrected chi connectivity index (χ3v) is 4.23. The molecule has 1 aromatic heterocycles. The van der Waals surface area contributed by atoms with Crippen LogP contribution >= 0.6 is 11.3 Å². The van der Waals surface area contributed by atoms with Crippen molar-refractivity contribution in [3.05, 3.63) is 34.3 Å². The second-order valence-corrected chi connectivity index (χ2v) is 6.41. The van der Waals surface area contributed by atoms with Gasteiger partial charge in [-0.1, -0.05) is 11.3 Å². The van der Waals surface area contributed by atoms with E-state index in [4.69, 9.17) is 14.2 Å². The van der Waals surface area contributed by atoms with Gasteiger partial charge in [0.05, 0.1) is 11.8 Å². The van der Waals surface area contributed by atoms with Crippen molar-refractivity contribution in [2.24, 2.45) is 0 Å². The Balaban J connectivity index is 1.74. The lowest BCUT2D eigenvalue weighted by molar-refractivity contribution is 0.0382. The molecule has 0 saturated carbocycles. The van der Waals surface area contributed by atoms with Gasteiger partial charge in [-0.05, 0) is 39.0 Å². The van der Waals surface area contributed by atoms with Crippen LogP contribution in [0, 0.1) is 6.92 Å². The average molecular weight is 348 g/mol. The first kappa shape index (κ1) is 16.3. The van der Waals surface area contributed by atoms with Crippen LogP contribution < -0.4 is 14.8 Å². The van der Waals surface area contributed by atoms with Crippen LogP contribution in [-0.2, 0) is 4.74 Å². The molecule has 24 heavy (non-hydrogen) atoms. The van der Waals surface area contributed by atoms with Gasteiger partial charge in [-0.2, -0.15) is 0 Å². The number of thiazole rings is 1. The van der Waals surface area contributed by atoms with E-state index < -0.39 is 5.97 Å². The number of carbonyl (C=O) groups excluding carboxylic acids is 2. The van der Waals surface area contributed by atoms with Gasteiger partial charge >= 0.3 is 5.97 Å². The van der Waals surface area contributed by atoms with Crippen LogP contribution in [0.3, 0.4) is 0 Å². The van der Waals surface area contributed by atoms with Crippen molar-refractivity contribution >= 4 is 28.3 Å². The van der Waals surface area contributed by atoms with E-state index in [1.807, 2.05) is 0 Å². The summed E-state index contributed by atoms with van der Waals surface area (Å²) in [6.45, 7) is 5.39. The monoisotopic (exact) mass is 348 g/mol. The Bertz CT molecular complexity index is 800. The Morgan fingerprint density at radius 1 is 1.29 bits per heavy atom. The van der Waals surface area contributed by atoms with Gasteiger partial charge in [0.15, 0.2) is 16.6 Å². The highest BCUT2D eigenvalue weighted by molar-refractivity contribution is 7.17. The molecule has 3 rings (SSSR count). The molecule has 0 atom stereocenters. The number of hydrogen-bond acceptors (Lipinski definition) is 7. The number of anilines is 1. The summed E-state index contributed by atoms with van der Waals surface area (Å²) in [5.41, 5.74) is 0.935. The fourth-order valence-corrected chi connectivity index (χ4v) is 2.96. The lowest BCUT2D eigenvalue weighted by Crippen LogP contribution is -2.11. The molecule has 1 N–H and O–H groups in total. The smallest absolute Gasteiger partial charge is 0.350 e. The first-order valence-corrected chi connectivity index (χ1v) is 8.15. The third-order valence-electron chi connectivity index (χ3n) is 3.18. The molecule has 0 fully saturated rings. The molecule has 1 aromatic carbocycles. The summed E-state index contributed by atoms with van der Waals surface area (Å²) in [7, 11) is 0. The summed E-state index contributed by atoms with van der Waals surface area (Å²) >= 11 is 1.08. The number of nitrogens with one attached hydrogen (secondary N) is 1. The first-order chi connectivity index (χ1) is 11.4. The Labute approximate surface area is 142 Å². The van der Waals surface area contributed by atoms with Gasteiger partial charge < -0.3 is 14.2 Å². The van der Waals surface area contributed by atoms with Crippen molar-refractivity contribution < 1.29 is 23.8 Å². The van der Waals surface area contributed by atoms with Gasteiger partial charge in [0.1, 0.15) is 4.88 Å². The van der Waals surface area contributed by atoms with Crippen LogP contribution in [0.15, 0.2) is 18.2 Å². The van der Waals surface area contributed by atoms with Crippen molar-refractivity contribution in [3.63, 3.8) is 0 Å². The van der Waals surface area contributed by atoms with Gasteiger partial charge in [-0.3, -0.25) is 10.1 Å². The van der Waals surface area contributed by atoms with Gasteiger partial charge in [-0.25, -0.2) is 9.78 Å². The van der Waals surface area contributed by atoms with E-state index in [9.17, 15) is 9.59 Å². The second-order valence-electron chi connectivity index (χ2n) is 5.41. The molecular formula is C16H16N2O5S. The van der Waals surface area contributed by atoms with Crippen LogP contribution in [-0.4, -0.2) is 29.8 Å². The molecule has 0 bridgehead atoms. The van der Waals surface area contributed by atoms with Crippen molar-refractivity contribution in [2.45, 2.75) is 26.9 Å². The zero-order valence-corrected chi connectivity index (χ0v) is 14.2. The molecular weight excluding hydrogens is 332 g/mol. The lowest BCUT2D eigenvalue weighted by Gasteiger charge is -2.05. The van der Waals surface area contributed by atoms with Crippen LogP contribution in [0.2, 0.25) is 0 Å². The van der Waals surface area contributed by atoms with E-state index in [0.717, 1.165) is 11.3 Å². The van der Waals surface area contributed by atoms with Crippen molar-refractivity contribution in [2.75, 3.05) is 12.1 Å².